The van der Waals surface area contributed by atoms with Crippen molar-refractivity contribution in [2.45, 2.75) is 33.2 Å². The molecule has 0 saturated carbocycles. The molecule has 19 heavy (non-hydrogen) atoms. The molecule has 0 bridgehead atoms. The molecule has 1 aromatic carbocycles. The smallest absolute Gasteiger partial charge is 0.0453 e. The summed E-state index contributed by atoms with van der Waals surface area (Å²) in [4.78, 5) is 2.57. The summed E-state index contributed by atoms with van der Waals surface area (Å²) < 4.78 is 0. The highest BCUT2D eigenvalue weighted by molar-refractivity contribution is 6.31. The van der Waals surface area contributed by atoms with Crippen molar-refractivity contribution in [3.8, 4) is 0 Å². The molecule has 1 unspecified atom stereocenters. The maximum atomic E-state index is 6.23. The van der Waals surface area contributed by atoms with Gasteiger partial charge in [-0.15, -0.1) is 0 Å². The standard InChI is InChI=1S/C16H25ClN2/c1-13-5-6-15(16(17)9-13)11-18-10-14(2)12-19-7-3-4-8-19/h5-6,9,14,18H,3-4,7-8,10-12H2,1-2H3. The van der Waals surface area contributed by atoms with E-state index in [0.717, 1.165) is 18.1 Å². The van der Waals surface area contributed by atoms with E-state index in [9.17, 15) is 0 Å². The Labute approximate surface area is 122 Å². The van der Waals surface area contributed by atoms with Crippen molar-refractivity contribution in [2.24, 2.45) is 5.92 Å². The third-order valence-corrected chi connectivity index (χ3v) is 4.14. The van der Waals surface area contributed by atoms with Crippen molar-refractivity contribution in [3.05, 3.63) is 34.3 Å². The van der Waals surface area contributed by atoms with Crippen molar-refractivity contribution in [3.63, 3.8) is 0 Å². The second-order valence-electron chi connectivity index (χ2n) is 5.84. The third kappa shape index (κ3) is 4.79. The van der Waals surface area contributed by atoms with Gasteiger partial charge in [0.05, 0.1) is 0 Å². The molecule has 106 valence electrons. The van der Waals surface area contributed by atoms with Crippen LogP contribution in [0.5, 0.6) is 0 Å². The van der Waals surface area contributed by atoms with Gasteiger partial charge in [-0.1, -0.05) is 30.7 Å². The predicted molar refractivity (Wildman–Crippen MR) is 82.7 cm³/mol. The van der Waals surface area contributed by atoms with E-state index in [0.29, 0.717) is 5.92 Å². The number of likely N-dealkylation sites (tertiary alicyclic amines) is 1. The molecule has 1 saturated heterocycles. The Morgan fingerprint density at radius 1 is 1.32 bits per heavy atom. The zero-order chi connectivity index (χ0) is 13.7. The number of nitrogens with one attached hydrogen (secondary N) is 1. The highest BCUT2D eigenvalue weighted by Gasteiger charge is 2.14. The fraction of sp³-hybridized carbons (Fsp3) is 0.625. The fourth-order valence-electron chi connectivity index (χ4n) is 2.72. The Balaban J connectivity index is 1.70. The van der Waals surface area contributed by atoms with Gasteiger partial charge < -0.3 is 10.2 Å². The molecular weight excluding hydrogens is 256 g/mol. The van der Waals surface area contributed by atoms with Crippen LogP contribution in [-0.2, 0) is 6.54 Å². The zero-order valence-electron chi connectivity index (χ0n) is 12.1. The van der Waals surface area contributed by atoms with Crippen LogP contribution in [-0.4, -0.2) is 31.1 Å². The Morgan fingerprint density at radius 2 is 2.05 bits per heavy atom. The maximum Gasteiger partial charge on any atom is 0.0453 e. The highest BCUT2D eigenvalue weighted by atomic mass is 35.5. The average molecular weight is 281 g/mol. The lowest BCUT2D eigenvalue weighted by Crippen LogP contribution is -2.31. The van der Waals surface area contributed by atoms with Crippen LogP contribution >= 0.6 is 11.6 Å². The molecule has 2 rings (SSSR count). The van der Waals surface area contributed by atoms with E-state index in [1.165, 1.54) is 43.6 Å². The van der Waals surface area contributed by atoms with Crippen LogP contribution in [0.3, 0.4) is 0 Å². The van der Waals surface area contributed by atoms with E-state index in [1.54, 1.807) is 0 Å². The molecule has 3 heteroatoms. The quantitative estimate of drug-likeness (QED) is 0.858. The number of halogens is 1. The summed E-state index contributed by atoms with van der Waals surface area (Å²) >= 11 is 6.23. The fourth-order valence-corrected chi connectivity index (χ4v) is 3.02. The molecule has 1 N–H and O–H groups in total. The summed E-state index contributed by atoms with van der Waals surface area (Å²) in [6.45, 7) is 10.1. The third-order valence-electron chi connectivity index (χ3n) is 3.79. The first kappa shape index (κ1) is 14.8. The molecule has 0 radical (unpaired) electrons. The Hall–Kier alpha value is -0.570. The molecule has 1 heterocycles. The van der Waals surface area contributed by atoms with Gasteiger partial charge in [0.1, 0.15) is 0 Å². The summed E-state index contributed by atoms with van der Waals surface area (Å²) in [5.41, 5.74) is 2.41. The maximum absolute atomic E-state index is 6.23. The minimum atomic E-state index is 0.697. The molecule has 2 nitrogen and oxygen atoms in total. The number of rotatable bonds is 6. The molecule has 0 amide bonds. The SMILES string of the molecule is Cc1ccc(CNCC(C)CN2CCCC2)c(Cl)c1. The van der Waals surface area contributed by atoms with Gasteiger partial charge >= 0.3 is 0 Å². The summed E-state index contributed by atoms with van der Waals surface area (Å²) in [7, 11) is 0. The Morgan fingerprint density at radius 3 is 2.74 bits per heavy atom. The van der Waals surface area contributed by atoms with Gasteiger partial charge in [-0.05, 0) is 62.5 Å². The number of hydrogen-bond acceptors (Lipinski definition) is 2. The van der Waals surface area contributed by atoms with Crippen LogP contribution in [0.25, 0.3) is 0 Å². The minimum absolute atomic E-state index is 0.697. The molecule has 1 aliphatic heterocycles. The highest BCUT2D eigenvalue weighted by Crippen LogP contribution is 2.17. The van der Waals surface area contributed by atoms with Crippen LogP contribution in [0.2, 0.25) is 5.02 Å². The van der Waals surface area contributed by atoms with Crippen molar-refractivity contribution in [1.82, 2.24) is 10.2 Å². The van der Waals surface area contributed by atoms with Crippen LogP contribution < -0.4 is 5.32 Å². The number of aryl methyl sites for hydroxylation is 1. The van der Waals surface area contributed by atoms with E-state index >= 15 is 0 Å². The Kier molecular flexibility index (Phi) is 5.68. The van der Waals surface area contributed by atoms with E-state index in [-0.39, 0.29) is 0 Å². The lowest BCUT2D eigenvalue weighted by molar-refractivity contribution is 0.282. The van der Waals surface area contributed by atoms with Gasteiger partial charge in [-0.25, -0.2) is 0 Å². The first-order chi connectivity index (χ1) is 9.15. The molecule has 0 spiro atoms. The lowest BCUT2D eigenvalue weighted by atomic mass is 10.1. The number of nitrogens with zero attached hydrogens (tertiary/aromatic N) is 1. The number of hydrogen-bond donors (Lipinski definition) is 1. The van der Waals surface area contributed by atoms with Gasteiger partial charge in [-0.3, -0.25) is 0 Å². The van der Waals surface area contributed by atoms with Gasteiger partial charge in [0.2, 0.25) is 0 Å². The van der Waals surface area contributed by atoms with E-state index in [2.05, 4.69) is 36.2 Å². The molecule has 1 aliphatic rings. The van der Waals surface area contributed by atoms with Crippen LogP contribution in [0.4, 0.5) is 0 Å². The molecule has 0 aliphatic carbocycles. The first-order valence-corrected chi connectivity index (χ1v) is 7.71. The van der Waals surface area contributed by atoms with Gasteiger partial charge in [-0.2, -0.15) is 0 Å². The van der Waals surface area contributed by atoms with E-state index in [1.807, 2.05) is 6.07 Å². The summed E-state index contributed by atoms with van der Waals surface area (Å²) in [6, 6.07) is 6.28. The second kappa shape index (κ2) is 7.28. The lowest BCUT2D eigenvalue weighted by Gasteiger charge is -2.20. The number of benzene rings is 1. The monoisotopic (exact) mass is 280 g/mol. The summed E-state index contributed by atoms with van der Waals surface area (Å²) in [5, 5.41) is 4.40. The Bertz CT molecular complexity index is 400. The average Bonchev–Trinajstić information content (AvgIpc) is 2.84. The van der Waals surface area contributed by atoms with Gasteiger partial charge in [0.25, 0.3) is 0 Å². The largest absolute Gasteiger partial charge is 0.312 e. The summed E-state index contributed by atoms with van der Waals surface area (Å²) in [5.74, 6) is 0.697. The first-order valence-electron chi connectivity index (χ1n) is 7.33. The van der Waals surface area contributed by atoms with Crippen molar-refractivity contribution < 1.29 is 0 Å². The van der Waals surface area contributed by atoms with Crippen molar-refractivity contribution in [2.75, 3.05) is 26.2 Å². The van der Waals surface area contributed by atoms with Crippen LogP contribution in [0.1, 0.15) is 30.9 Å². The normalized spacial score (nSPS) is 17.8. The van der Waals surface area contributed by atoms with Gasteiger partial charge in [0.15, 0.2) is 0 Å². The van der Waals surface area contributed by atoms with E-state index in [4.69, 9.17) is 11.6 Å². The summed E-state index contributed by atoms with van der Waals surface area (Å²) in [6.07, 6.45) is 2.75. The zero-order valence-corrected chi connectivity index (χ0v) is 12.8. The van der Waals surface area contributed by atoms with Crippen LogP contribution in [0.15, 0.2) is 18.2 Å². The topological polar surface area (TPSA) is 15.3 Å². The molecule has 1 atom stereocenters. The molecular formula is C16H25ClN2. The van der Waals surface area contributed by atoms with Crippen LogP contribution in [0, 0.1) is 12.8 Å². The van der Waals surface area contributed by atoms with Crippen molar-refractivity contribution in [1.29, 1.82) is 0 Å². The van der Waals surface area contributed by atoms with Gasteiger partial charge in [0, 0.05) is 18.1 Å². The minimum Gasteiger partial charge on any atom is -0.312 e. The van der Waals surface area contributed by atoms with E-state index < -0.39 is 0 Å². The predicted octanol–water partition coefficient (Wildman–Crippen LogP) is 3.47. The molecule has 1 aromatic rings. The van der Waals surface area contributed by atoms with Crippen molar-refractivity contribution >= 4 is 11.6 Å². The molecule has 0 aromatic heterocycles. The molecule has 1 fully saturated rings. The second-order valence-corrected chi connectivity index (χ2v) is 6.25.